The molecule has 78 valence electrons. The monoisotopic (exact) mass is 194 g/mol. The topological polar surface area (TPSA) is 35.0 Å². The molecule has 1 aliphatic carbocycles. The van der Waals surface area contributed by atoms with E-state index in [2.05, 4.69) is 9.97 Å². The third kappa shape index (κ3) is 2.44. The van der Waals surface area contributed by atoms with Gasteiger partial charge in [0.05, 0.1) is 7.11 Å². The van der Waals surface area contributed by atoms with E-state index in [1.807, 2.05) is 27.0 Å². The Bertz CT molecular complexity index is 295. The van der Waals surface area contributed by atoms with Gasteiger partial charge >= 0.3 is 0 Å². The van der Waals surface area contributed by atoms with Gasteiger partial charge < -0.3 is 4.74 Å². The third-order valence-corrected chi connectivity index (χ3v) is 2.08. The lowest BCUT2D eigenvalue weighted by Gasteiger charge is -2.03. The Balaban J connectivity index is 0.000000461. The van der Waals surface area contributed by atoms with Crippen LogP contribution in [0.5, 0.6) is 5.88 Å². The number of nitrogens with zero attached hydrogens (tertiary/aromatic N) is 2. The van der Waals surface area contributed by atoms with Crippen LogP contribution in [0, 0.1) is 6.92 Å². The van der Waals surface area contributed by atoms with Gasteiger partial charge in [0, 0.05) is 17.7 Å². The van der Waals surface area contributed by atoms with Crippen LogP contribution < -0.4 is 4.74 Å². The Labute approximate surface area is 85.5 Å². The quantitative estimate of drug-likeness (QED) is 0.726. The number of aryl methyl sites for hydroxylation is 1. The highest BCUT2D eigenvalue weighted by molar-refractivity contribution is 5.23. The van der Waals surface area contributed by atoms with Crippen LogP contribution in [-0.4, -0.2) is 17.1 Å². The second kappa shape index (κ2) is 4.94. The lowest BCUT2D eigenvalue weighted by atomic mass is 10.3. The summed E-state index contributed by atoms with van der Waals surface area (Å²) < 4.78 is 5.11. The molecule has 1 aliphatic rings. The molecule has 1 fully saturated rings. The summed E-state index contributed by atoms with van der Waals surface area (Å²) in [6, 6.07) is 0. The minimum Gasteiger partial charge on any atom is -0.481 e. The number of aromatic nitrogens is 2. The van der Waals surface area contributed by atoms with E-state index in [9.17, 15) is 0 Å². The molecule has 0 bridgehead atoms. The largest absolute Gasteiger partial charge is 0.481 e. The molecule has 0 unspecified atom stereocenters. The van der Waals surface area contributed by atoms with Crippen molar-refractivity contribution in [1.29, 1.82) is 0 Å². The number of ether oxygens (including phenoxy) is 1. The van der Waals surface area contributed by atoms with E-state index in [4.69, 9.17) is 4.74 Å². The summed E-state index contributed by atoms with van der Waals surface area (Å²) in [4.78, 5) is 8.58. The zero-order valence-electron chi connectivity index (χ0n) is 9.37. The SMILES string of the molecule is CC.COc1nc(C2CC2)ncc1C. The summed E-state index contributed by atoms with van der Waals surface area (Å²) in [5.41, 5.74) is 1.00. The van der Waals surface area contributed by atoms with Crippen molar-refractivity contribution in [2.45, 2.75) is 39.5 Å². The summed E-state index contributed by atoms with van der Waals surface area (Å²) in [5, 5.41) is 0. The van der Waals surface area contributed by atoms with Gasteiger partial charge in [0.2, 0.25) is 5.88 Å². The summed E-state index contributed by atoms with van der Waals surface area (Å²) in [7, 11) is 1.64. The predicted octanol–water partition coefficient (Wildman–Crippen LogP) is 2.70. The molecule has 0 radical (unpaired) electrons. The number of rotatable bonds is 2. The van der Waals surface area contributed by atoms with Gasteiger partial charge in [-0.25, -0.2) is 4.98 Å². The van der Waals surface area contributed by atoms with Crippen LogP contribution in [-0.2, 0) is 0 Å². The van der Waals surface area contributed by atoms with Crippen molar-refractivity contribution < 1.29 is 4.74 Å². The van der Waals surface area contributed by atoms with Crippen molar-refractivity contribution in [2.75, 3.05) is 7.11 Å². The zero-order valence-corrected chi connectivity index (χ0v) is 9.37. The number of methoxy groups -OCH3 is 1. The summed E-state index contributed by atoms with van der Waals surface area (Å²) >= 11 is 0. The van der Waals surface area contributed by atoms with Crippen LogP contribution in [0.1, 0.15) is 44.0 Å². The molecule has 14 heavy (non-hydrogen) atoms. The fourth-order valence-electron chi connectivity index (χ4n) is 1.18. The molecule has 3 nitrogen and oxygen atoms in total. The highest BCUT2D eigenvalue weighted by Crippen LogP contribution is 2.38. The molecule has 3 heteroatoms. The van der Waals surface area contributed by atoms with Gasteiger partial charge in [0.1, 0.15) is 5.82 Å². The average molecular weight is 194 g/mol. The molecule has 1 aromatic heterocycles. The van der Waals surface area contributed by atoms with E-state index in [0.29, 0.717) is 11.8 Å². The van der Waals surface area contributed by atoms with Gasteiger partial charge in [0.15, 0.2) is 0 Å². The average Bonchev–Trinajstić information content (AvgIpc) is 3.05. The van der Waals surface area contributed by atoms with Crippen molar-refractivity contribution in [3.63, 3.8) is 0 Å². The highest BCUT2D eigenvalue weighted by atomic mass is 16.5. The lowest BCUT2D eigenvalue weighted by Crippen LogP contribution is -1.97. The van der Waals surface area contributed by atoms with Crippen LogP contribution >= 0.6 is 0 Å². The standard InChI is InChI=1S/C9H12N2O.C2H6/c1-6-5-10-8(7-3-4-7)11-9(6)12-2;1-2/h5,7H,3-4H2,1-2H3;1-2H3. The Morgan fingerprint density at radius 1 is 1.36 bits per heavy atom. The highest BCUT2D eigenvalue weighted by Gasteiger charge is 2.26. The number of hydrogen-bond acceptors (Lipinski definition) is 3. The zero-order chi connectivity index (χ0) is 10.6. The Morgan fingerprint density at radius 3 is 2.50 bits per heavy atom. The van der Waals surface area contributed by atoms with Gasteiger partial charge in [-0.05, 0) is 19.8 Å². The summed E-state index contributed by atoms with van der Waals surface area (Å²) in [6.07, 6.45) is 4.29. The van der Waals surface area contributed by atoms with Gasteiger partial charge in [0.25, 0.3) is 0 Å². The second-order valence-electron chi connectivity index (χ2n) is 3.19. The summed E-state index contributed by atoms with van der Waals surface area (Å²) in [5.74, 6) is 2.25. The fraction of sp³-hybridized carbons (Fsp3) is 0.636. The van der Waals surface area contributed by atoms with E-state index < -0.39 is 0 Å². The van der Waals surface area contributed by atoms with Crippen LogP contribution in [0.4, 0.5) is 0 Å². The summed E-state index contributed by atoms with van der Waals surface area (Å²) in [6.45, 7) is 5.95. The molecule has 0 saturated heterocycles. The van der Waals surface area contributed by atoms with E-state index in [1.165, 1.54) is 12.8 Å². The Morgan fingerprint density at radius 2 is 2.00 bits per heavy atom. The number of hydrogen-bond donors (Lipinski definition) is 0. The molecule has 1 heterocycles. The first-order valence-corrected chi connectivity index (χ1v) is 5.19. The van der Waals surface area contributed by atoms with Crippen molar-refractivity contribution in [3.8, 4) is 5.88 Å². The first-order valence-electron chi connectivity index (χ1n) is 5.19. The maximum atomic E-state index is 5.11. The van der Waals surface area contributed by atoms with Crippen molar-refractivity contribution >= 4 is 0 Å². The normalized spacial score (nSPS) is 14.3. The molecule has 0 aromatic carbocycles. The van der Waals surface area contributed by atoms with Crippen molar-refractivity contribution in [2.24, 2.45) is 0 Å². The molecular weight excluding hydrogens is 176 g/mol. The van der Waals surface area contributed by atoms with Crippen molar-refractivity contribution in [3.05, 3.63) is 17.6 Å². The lowest BCUT2D eigenvalue weighted by molar-refractivity contribution is 0.391. The molecule has 2 rings (SSSR count). The van der Waals surface area contributed by atoms with Crippen LogP contribution in [0.3, 0.4) is 0 Å². The minimum atomic E-state index is 0.597. The third-order valence-electron chi connectivity index (χ3n) is 2.08. The molecule has 1 saturated carbocycles. The smallest absolute Gasteiger partial charge is 0.219 e. The first kappa shape index (κ1) is 11.0. The molecule has 0 spiro atoms. The molecule has 0 N–H and O–H groups in total. The van der Waals surface area contributed by atoms with Crippen LogP contribution in [0.25, 0.3) is 0 Å². The van der Waals surface area contributed by atoms with E-state index >= 15 is 0 Å². The van der Waals surface area contributed by atoms with E-state index in [0.717, 1.165) is 11.4 Å². The maximum Gasteiger partial charge on any atom is 0.219 e. The van der Waals surface area contributed by atoms with Crippen LogP contribution in [0.15, 0.2) is 6.20 Å². The van der Waals surface area contributed by atoms with Gasteiger partial charge in [-0.3, -0.25) is 0 Å². The maximum absolute atomic E-state index is 5.11. The van der Waals surface area contributed by atoms with E-state index in [1.54, 1.807) is 7.11 Å². The van der Waals surface area contributed by atoms with Gasteiger partial charge in [-0.1, -0.05) is 13.8 Å². The molecule has 0 amide bonds. The Kier molecular flexibility index (Phi) is 3.86. The molecule has 0 atom stereocenters. The second-order valence-corrected chi connectivity index (χ2v) is 3.19. The molecule has 0 aliphatic heterocycles. The fourth-order valence-corrected chi connectivity index (χ4v) is 1.18. The van der Waals surface area contributed by atoms with E-state index in [-0.39, 0.29) is 0 Å². The molecular formula is C11H18N2O. The van der Waals surface area contributed by atoms with Gasteiger partial charge in [-0.2, -0.15) is 4.98 Å². The van der Waals surface area contributed by atoms with Crippen LogP contribution in [0.2, 0.25) is 0 Å². The molecule has 1 aromatic rings. The minimum absolute atomic E-state index is 0.597. The first-order chi connectivity index (χ1) is 6.81. The predicted molar refractivity (Wildman–Crippen MR) is 56.6 cm³/mol. The van der Waals surface area contributed by atoms with Gasteiger partial charge in [-0.15, -0.1) is 0 Å². The van der Waals surface area contributed by atoms with Crippen molar-refractivity contribution in [1.82, 2.24) is 9.97 Å². The Hall–Kier alpha value is -1.12.